The van der Waals surface area contributed by atoms with E-state index < -0.39 is 17.4 Å². The third-order valence-electron chi connectivity index (χ3n) is 4.56. The molecule has 1 heterocycles. The molecule has 0 fully saturated rings. The normalized spacial score (nSPS) is 11.9. The summed E-state index contributed by atoms with van der Waals surface area (Å²) in [5.74, 6) is -1.41. The lowest BCUT2D eigenvalue weighted by Crippen LogP contribution is -2.21. The van der Waals surface area contributed by atoms with Gasteiger partial charge in [0.25, 0.3) is 5.56 Å². The number of phenols is 1. The fourth-order valence-corrected chi connectivity index (χ4v) is 3.26. The molecule has 0 radical (unpaired) electrons. The highest BCUT2D eigenvalue weighted by Crippen LogP contribution is 2.38. The fraction of sp³-hybridized carbons (Fsp3) is 0.238. The van der Waals surface area contributed by atoms with Crippen LogP contribution in [0.1, 0.15) is 30.4 Å². The maximum absolute atomic E-state index is 12.8. The van der Waals surface area contributed by atoms with Gasteiger partial charge < -0.3 is 24.7 Å². The molecule has 1 aromatic heterocycles. The van der Waals surface area contributed by atoms with Gasteiger partial charge in [-0.15, -0.1) is 0 Å². The Bertz CT molecular complexity index is 1070. The van der Waals surface area contributed by atoms with Gasteiger partial charge in [-0.1, -0.05) is 18.2 Å². The molecular weight excluding hydrogens is 362 g/mol. The largest absolute Gasteiger partial charge is 0.507 e. The van der Waals surface area contributed by atoms with Gasteiger partial charge in [0.05, 0.1) is 31.2 Å². The number of aromatic nitrogens is 1. The average Bonchev–Trinajstić information content (AvgIpc) is 2.67. The van der Waals surface area contributed by atoms with Crippen molar-refractivity contribution in [1.82, 2.24) is 4.98 Å². The van der Waals surface area contributed by atoms with E-state index in [0.717, 1.165) is 0 Å². The SMILES string of the molecule is CCOC(=O)C[C@H](c1ccc(OC)c(O)c1)c1c(O)c2ccccc2[nH]c1=O. The van der Waals surface area contributed by atoms with Crippen molar-refractivity contribution in [2.75, 3.05) is 13.7 Å². The Labute approximate surface area is 161 Å². The molecule has 0 spiro atoms. The number of pyridine rings is 1. The van der Waals surface area contributed by atoms with E-state index in [1.807, 2.05) is 0 Å². The van der Waals surface area contributed by atoms with Crippen molar-refractivity contribution < 1.29 is 24.5 Å². The highest BCUT2D eigenvalue weighted by atomic mass is 16.5. The van der Waals surface area contributed by atoms with Crippen molar-refractivity contribution in [1.29, 1.82) is 0 Å². The number of benzene rings is 2. The zero-order chi connectivity index (χ0) is 20.3. The summed E-state index contributed by atoms with van der Waals surface area (Å²) in [6, 6.07) is 11.4. The van der Waals surface area contributed by atoms with Crippen LogP contribution in [0.5, 0.6) is 17.2 Å². The third-order valence-corrected chi connectivity index (χ3v) is 4.56. The van der Waals surface area contributed by atoms with Crippen LogP contribution in [0.4, 0.5) is 0 Å². The first kappa shape index (κ1) is 19.3. The number of fused-ring (bicyclic) bond motifs is 1. The van der Waals surface area contributed by atoms with Crippen LogP contribution in [0.2, 0.25) is 0 Å². The number of carbonyl (C=O) groups is 1. The summed E-state index contributed by atoms with van der Waals surface area (Å²) in [5.41, 5.74) is 0.487. The molecule has 2 aromatic carbocycles. The smallest absolute Gasteiger partial charge is 0.306 e. The molecule has 0 amide bonds. The van der Waals surface area contributed by atoms with Crippen LogP contribution in [-0.2, 0) is 9.53 Å². The number of aromatic hydroxyl groups is 2. The van der Waals surface area contributed by atoms with Crippen LogP contribution in [0, 0.1) is 0 Å². The number of nitrogens with one attached hydrogen (secondary N) is 1. The summed E-state index contributed by atoms with van der Waals surface area (Å²) >= 11 is 0. The second-order valence-corrected chi connectivity index (χ2v) is 6.26. The van der Waals surface area contributed by atoms with Gasteiger partial charge in [0.2, 0.25) is 0 Å². The van der Waals surface area contributed by atoms with Crippen LogP contribution in [0.15, 0.2) is 47.3 Å². The van der Waals surface area contributed by atoms with E-state index in [1.165, 1.54) is 19.2 Å². The van der Waals surface area contributed by atoms with Gasteiger partial charge in [0.15, 0.2) is 11.5 Å². The zero-order valence-electron chi connectivity index (χ0n) is 15.6. The lowest BCUT2D eigenvalue weighted by atomic mass is 9.87. The molecule has 0 aliphatic carbocycles. The Hall–Kier alpha value is -3.48. The predicted molar refractivity (Wildman–Crippen MR) is 104 cm³/mol. The van der Waals surface area contributed by atoms with Crippen molar-refractivity contribution >= 4 is 16.9 Å². The van der Waals surface area contributed by atoms with E-state index >= 15 is 0 Å². The highest BCUT2D eigenvalue weighted by molar-refractivity contribution is 5.86. The number of esters is 1. The molecule has 3 aromatic rings. The lowest BCUT2D eigenvalue weighted by Gasteiger charge is -2.19. The van der Waals surface area contributed by atoms with Crippen molar-refractivity contribution in [2.24, 2.45) is 0 Å². The van der Waals surface area contributed by atoms with Crippen LogP contribution in [0.3, 0.4) is 0 Å². The third kappa shape index (κ3) is 3.64. The fourth-order valence-electron chi connectivity index (χ4n) is 3.26. The maximum Gasteiger partial charge on any atom is 0.306 e. The van der Waals surface area contributed by atoms with E-state index in [-0.39, 0.29) is 35.8 Å². The summed E-state index contributed by atoms with van der Waals surface area (Å²) in [4.78, 5) is 27.7. The number of hydrogen-bond acceptors (Lipinski definition) is 6. The Morgan fingerprint density at radius 1 is 1.18 bits per heavy atom. The molecule has 0 saturated heterocycles. The second kappa shape index (κ2) is 8.04. The Kier molecular flexibility index (Phi) is 5.54. The molecule has 3 N–H and O–H groups in total. The number of phenolic OH excluding ortho intramolecular Hbond substituents is 1. The molecule has 0 saturated carbocycles. The molecule has 7 nitrogen and oxygen atoms in total. The minimum Gasteiger partial charge on any atom is -0.507 e. The lowest BCUT2D eigenvalue weighted by molar-refractivity contribution is -0.143. The molecule has 0 unspecified atom stereocenters. The standard InChI is InChI=1S/C21H21NO6/c1-3-28-18(24)11-14(12-8-9-17(27-2)16(23)10-12)19-20(25)13-6-4-5-7-15(13)22-21(19)26/h4-10,14,23H,3,11H2,1-2H3,(H2,22,25,26)/t14-/m1/s1. The van der Waals surface area contributed by atoms with Crippen LogP contribution >= 0.6 is 0 Å². The van der Waals surface area contributed by atoms with E-state index in [0.29, 0.717) is 16.5 Å². The summed E-state index contributed by atoms with van der Waals surface area (Å²) in [6.07, 6.45) is -0.172. The molecule has 1 atom stereocenters. The number of para-hydroxylation sites is 1. The number of carbonyl (C=O) groups excluding carboxylic acids is 1. The maximum atomic E-state index is 12.8. The molecule has 0 aliphatic heterocycles. The van der Waals surface area contributed by atoms with Crippen molar-refractivity contribution in [3.63, 3.8) is 0 Å². The summed E-state index contributed by atoms with van der Waals surface area (Å²) in [7, 11) is 1.42. The quantitative estimate of drug-likeness (QED) is 0.565. The number of methoxy groups -OCH3 is 1. The summed E-state index contributed by atoms with van der Waals surface area (Å²) in [5, 5.41) is 21.4. The predicted octanol–water partition coefficient (Wildman–Crippen LogP) is 3.03. The molecule has 146 valence electrons. The first-order valence-corrected chi connectivity index (χ1v) is 8.82. The minimum absolute atomic E-state index is 0.0383. The second-order valence-electron chi connectivity index (χ2n) is 6.26. The topological polar surface area (TPSA) is 109 Å². The summed E-state index contributed by atoms with van der Waals surface area (Å²) < 4.78 is 10.1. The van der Waals surface area contributed by atoms with Crippen molar-refractivity contribution in [3.05, 3.63) is 63.9 Å². The summed E-state index contributed by atoms with van der Waals surface area (Å²) in [6.45, 7) is 1.88. The number of hydrogen-bond donors (Lipinski definition) is 3. The number of H-pyrrole nitrogens is 1. The first-order chi connectivity index (χ1) is 13.5. The molecule has 0 aliphatic rings. The van der Waals surface area contributed by atoms with Crippen molar-refractivity contribution in [3.8, 4) is 17.2 Å². The van der Waals surface area contributed by atoms with Crippen LogP contribution in [0.25, 0.3) is 10.9 Å². The van der Waals surface area contributed by atoms with Crippen LogP contribution in [-0.4, -0.2) is 34.9 Å². The van der Waals surface area contributed by atoms with E-state index in [9.17, 15) is 19.8 Å². The number of ether oxygens (including phenoxy) is 2. The van der Waals surface area contributed by atoms with E-state index in [1.54, 1.807) is 37.3 Å². The van der Waals surface area contributed by atoms with Crippen molar-refractivity contribution in [2.45, 2.75) is 19.3 Å². The van der Waals surface area contributed by atoms with Gasteiger partial charge in [0, 0.05) is 11.3 Å². The van der Waals surface area contributed by atoms with Gasteiger partial charge in [-0.3, -0.25) is 9.59 Å². The average molecular weight is 383 g/mol. The minimum atomic E-state index is -0.816. The van der Waals surface area contributed by atoms with Gasteiger partial charge in [-0.25, -0.2) is 0 Å². The first-order valence-electron chi connectivity index (χ1n) is 8.82. The Morgan fingerprint density at radius 3 is 2.61 bits per heavy atom. The van der Waals surface area contributed by atoms with Gasteiger partial charge in [-0.2, -0.15) is 0 Å². The van der Waals surface area contributed by atoms with E-state index in [4.69, 9.17) is 9.47 Å². The Morgan fingerprint density at radius 2 is 1.93 bits per heavy atom. The highest BCUT2D eigenvalue weighted by Gasteiger charge is 2.27. The zero-order valence-corrected chi connectivity index (χ0v) is 15.6. The van der Waals surface area contributed by atoms with Gasteiger partial charge in [-0.05, 0) is 36.8 Å². The van der Waals surface area contributed by atoms with Gasteiger partial charge >= 0.3 is 5.97 Å². The molecule has 28 heavy (non-hydrogen) atoms. The Balaban J connectivity index is 2.19. The molecule has 3 rings (SSSR count). The van der Waals surface area contributed by atoms with Gasteiger partial charge in [0.1, 0.15) is 5.75 Å². The number of rotatable bonds is 6. The number of aromatic amines is 1. The molecular formula is C21H21NO6. The van der Waals surface area contributed by atoms with Crippen LogP contribution < -0.4 is 10.3 Å². The monoisotopic (exact) mass is 383 g/mol. The van der Waals surface area contributed by atoms with E-state index in [2.05, 4.69) is 4.98 Å². The molecule has 7 heteroatoms. The molecule has 0 bridgehead atoms.